The Balaban J connectivity index is 2.55. The van der Waals surface area contributed by atoms with Crippen molar-refractivity contribution in [3.05, 3.63) is 0 Å². The summed E-state index contributed by atoms with van der Waals surface area (Å²) >= 11 is 0. The van der Waals surface area contributed by atoms with Crippen LogP contribution < -0.4 is 5.73 Å². The van der Waals surface area contributed by atoms with Gasteiger partial charge in [-0.1, -0.05) is 32.6 Å². The number of carbonyl (C=O) groups is 1. The van der Waals surface area contributed by atoms with Crippen LogP contribution in [0.3, 0.4) is 0 Å². The molecule has 0 saturated heterocycles. The van der Waals surface area contributed by atoms with Crippen LogP contribution in [0.1, 0.15) is 45.4 Å². The molecule has 1 fully saturated rings. The molecule has 15 heavy (non-hydrogen) atoms. The van der Waals surface area contributed by atoms with Gasteiger partial charge in [0, 0.05) is 6.04 Å². The molecule has 3 heteroatoms. The number of hydrogen-bond acceptors (Lipinski definition) is 3. The highest BCUT2D eigenvalue weighted by Crippen LogP contribution is 2.35. The summed E-state index contributed by atoms with van der Waals surface area (Å²) in [7, 11) is 1.45. The number of rotatable bonds is 5. The maximum absolute atomic E-state index is 11.3. The predicted octanol–water partition coefficient (Wildman–Crippen LogP) is 2.09. The van der Waals surface area contributed by atoms with Gasteiger partial charge in [-0.2, -0.15) is 0 Å². The molecule has 0 heterocycles. The van der Waals surface area contributed by atoms with Gasteiger partial charge in [-0.05, 0) is 18.3 Å². The Hall–Kier alpha value is -0.570. The van der Waals surface area contributed by atoms with Crippen molar-refractivity contribution in [1.82, 2.24) is 0 Å². The van der Waals surface area contributed by atoms with Crippen LogP contribution >= 0.6 is 0 Å². The van der Waals surface area contributed by atoms with E-state index in [4.69, 9.17) is 10.5 Å². The van der Waals surface area contributed by atoms with Gasteiger partial charge in [0.15, 0.2) is 0 Å². The molecule has 1 aliphatic rings. The first-order valence-electron chi connectivity index (χ1n) is 6.01. The number of hydrogen-bond donors (Lipinski definition) is 1. The van der Waals surface area contributed by atoms with Gasteiger partial charge in [-0.3, -0.25) is 4.79 Å². The van der Waals surface area contributed by atoms with E-state index in [0.29, 0.717) is 18.3 Å². The molecule has 1 aliphatic carbocycles. The van der Waals surface area contributed by atoms with Gasteiger partial charge >= 0.3 is 5.97 Å². The average molecular weight is 213 g/mol. The fourth-order valence-electron chi connectivity index (χ4n) is 2.63. The van der Waals surface area contributed by atoms with Crippen molar-refractivity contribution >= 4 is 5.97 Å². The van der Waals surface area contributed by atoms with E-state index in [0.717, 1.165) is 6.42 Å². The molecular formula is C12H23NO2. The third kappa shape index (κ3) is 3.49. The van der Waals surface area contributed by atoms with Crippen molar-refractivity contribution in [2.24, 2.45) is 17.6 Å². The summed E-state index contributed by atoms with van der Waals surface area (Å²) < 4.78 is 4.74. The highest BCUT2D eigenvalue weighted by molar-refractivity contribution is 5.69. The standard InChI is InChI=1S/C12H23NO2/c1-3-11(13)10(8-12(14)15-2)9-6-4-5-7-9/h9-11H,3-8,13H2,1-2H3. The van der Waals surface area contributed by atoms with Crippen molar-refractivity contribution in [3.8, 4) is 0 Å². The predicted molar refractivity (Wildman–Crippen MR) is 60.3 cm³/mol. The topological polar surface area (TPSA) is 52.3 Å². The van der Waals surface area contributed by atoms with Gasteiger partial charge in [-0.15, -0.1) is 0 Å². The van der Waals surface area contributed by atoms with E-state index in [9.17, 15) is 4.79 Å². The monoisotopic (exact) mass is 213 g/mol. The Morgan fingerprint density at radius 1 is 1.47 bits per heavy atom. The van der Waals surface area contributed by atoms with Crippen LogP contribution in [0.25, 0.3) is 0 Å². The lowest BCUT2D eigenvalue weighted by atomic mass is 9.82. The summed E-state index contributed by atoms with van der Waals surface area (Å²) in [6.45, 7) is 2.09. The summed E-state index contributed by atoms with van der Waals surface area (Å²) in [5.74, 6) is 0.847. The van der Waals surface area contributed by atoms with Gasteiger partial charge < -0.3 is 10.5 Å². The minimum atomic E-state index is -0.115. The lowest BCUT2D eigenvalue weighted by Gasteiger charge is -2.27. The Morgan fingerprint density at radius 3 is 2.53 bits per heavy atom. The van der Waals surface area contributed by atoms with Gasteiger partial charge in [0.25, 0.3) is 0 Å². The second-order valence-corrected chi connectivity index (χ2v) is 4.56. The first-order chi connectivity index (χ1) is 7.19. The molecular weight excluding hydrogens is 190 g/mol. The molecule has 0 spiro atoms. The third-order valence-electron chi connectivity index (χ3n) is 3.66. The largest absolute Gasteiger partial charge is 0.469 e. The fourth-order valence-corrected chi connectivity index (χ4v) is 2.63. The molecule has 0 aliphatic heterocycles. The van der Waals surface area contributed by atoms with Crippen molar-refractivity contribution in [2.45, 2.75) is 51.5 Å². The molecule has 1 saturated carbocycles. The molecule has 1 rings (SSSR count). The molecule has 0 radical (unpaired) electrons. The van der Waals surface area contributed by atoms with E-state index >= 15 is 0 Å². The highest BCUT2D eigenvalue weighted by atomic mass is 16.5. The molecule has 2 N–H and O–H groups in total. The molecule has 0 bridgehead atoms. The molecule has 0 aromatic carbocycles. The Morgan fingerprint density at radius 2 is 2.07 bits per heavy atom. The minimum absolute atomic E-state index is 0.115. The zero-order valence-corrected chi connectivity index (χ0v) is 9.87. The lowest BCUT2D eigenvalue weighted by molar-refractivity contribution is -0.142. The first-order valence-corrected chi connectivity index (χ1v) is 6.01. The number of methoxy groups -OCH3 is 1. The van der Waals surface area contributed by atoms with Crippen LogP contribution in [-0.2, 0) is 9.53 Å². The quantitative estimate of drug-likeness (QED) is 0.711. The van der Waals surface area contributed by atoms with Crippen LogP contribution in [0.2, 0.25) is 0 Å². The van der Waals surface area contributed by atoms with Crippen molar-refractivity contribution in [2.75, 3.05) is 7.11 Å². The maximum Gasteiger partial charge on any atom is 0.305 e. The van der Waals surface area contributed by atoms with Crippen LogP contribution in [0, 0.1) is 11.8 Å². The van der Waals surface area contributed by atoms with E-state index in [-0.39, 0.29) is 12.0 Å². The number of esters is 1. The number of carbonyl (C=O) groups excluding carboxylic acids is 1. The van der Waals surface area contributed by atoms with Crippen LogP contribution in [0.4, 0.5) is 0 Å². The summed E-state index contributed by atoms with van der Waals surface area (Å²) in [5, 5.41) is 0. The fraction of sp³-hybridized carbons (Fsp3) is 0.917. The summed E-state index contributed by atoms with van der Waals surface area (Å²) in [6.07, 6.45) is 6.48. The molecule has 2 unspecified atom stereocenters. The van der Waals surface area contributed by atoms with E-state index in [2.05, 4.69) is 6.92 Å². The van der Waals surface area contributed by atoms with Gasteiger partial charge in [0.2, 0.25) is 0 Å². The van der Waals surface area contributed by atoms with Crippen LogP contribution in [0.15, 0.2) is 0 Å². The normalized spacial score (nSPS) is 21.3. The lowest BCUT2D eigenvalue weighted by Crippen LogP contribution is -2.35. The smallest absolute Gasteiger partial charge is 0.305 e. The molecule has 88 valence electrons. The van der Waals surface area contributed by atoms with E-state index < -0.39 is 0 Å². The van der Waals surface area contributed by atoms with Crippen LogP contribution in [0.5, 0.6) is 0 Å². The molecule has 0 aromatic rings. The number of ether oxygens (including phenoxy) is 1. The van der Waals surface area contributed by atoms with E-state index in [1.54, 1.807) is 0 Å². The SMILES string of the molecule is CCC(N)C(CC(=O)OC)C1CCCC1. The Bertz CT molecular complexity index is 200. The first kappa shape index (κ1) is 12.5. The van der Waals surface area contributed by atoms with Crippen molar-refractivity contribution in [1.29, 1.82) is 0 Å². The molecule has 2 atom stereocenters. The highest BCUT2D eigenvalue weighted by Gasteiger charge is 2.30. The number of nitrogens with two attached hydrogens (primary N) is 1. The molecule has 0 aromatic heterocycles. The van der Waals surface area contributed by atoms with E-state index in [1.165, 1.54) is 32.8 Å². The third-order valence-corrected chi connectivity index (χ3v) is 3.66. The molecule has 3 nitrogen and oxygen atoms in total. The summed E-state index contributed by atoms with van der Waals surface area (Å²) in [6, 6.07) is 0.146. The minimum Gasteiger partial charge on any atom is -0.469 e. The molecule has 0 amide bonds. The summed E-state index contributed by atoms with van der Waals surface area (Å²) in [5.41, 5.74) is 6.09. The Kier molecular flexibility index (Phi) is 5.09. The second kappa shape index (κ2) is 6.11. The van der Waals surface area contributed by atoms with Gasteiger partial charge in [-0.25, -0.2) is 0 Å². The zero-order chi connectivity index (χ0) is 11.3. The maximum atomic E-state index is 11.3. The average Bonchev–Trinajstić information content (AvgIpc) is 2.77. The van der Waals surface area contributed by atoms with Gasteiger partial charge in [0.1, 0.15) is 0 Å². The van der Waals surface area contributed by atoms with Crippen molar-refractivity contribution < 1.29 is 9.53 Å². The Labute approximate surface area is 92.4 Å². The zero-order valence-electron chi connectivity index (χ0n) is 9.87. The van der Waals surface area contributed by atoms with E-state index in [1.807, 2.05) is 0 Å². The van der Waals surface area contributed by atoms with Gasteiger partial charge in [0.05, 0.1) is 13.5 Å². The second-order valence-electron chi connectivity index (χ2n) is 4.56. The van der Waals surface area contributed by atoms with Crippen LogP contribution in [-0.4, -0.2) is 19.1 Å². The van der Waals surface area contributed by atoms with Crippen molar-refractivity contribution in [3.63, 3.8) is 0 Å². The summed E-state index contributed by atoms with van der Waals surface area (Å²) in [4.78, 5) is 11.3.